The third-order valence-electron chi connectivity index (χ3n) is 8.37. The SMILES string of the molecule is COc1ccc(-c2oc3c(CC=C(C)C)c(O)cc(O)c3c(=O)c2O[C@@H]2O[C@@H](C)[C@@H](O)[C@@H](O)[C@H]2O[C@@H]2O[C@@H](C)[C@H](O)[C@@H](O)[C@H]2O)cc1. The van der Waals surface area contributed by atoms with Gasteiger partial charge in [-0.3, -0.25) is 4.79 Å². The molecule has 0 amide bonds. The first-order chi connectivity index (χ1) is 22.2. The van der Waals surface area contributed by atoms with E-state index in [-0.39, 0.29) is 34.5 Å². The number of rotatable bonds is 8. The number of fused-ring (bicyclic) bond motifs is 1. The standard InChI is InChI=1S/C33H40O14/c1-13(2)6-11-18-19(34)12-20(35)21-24(38)30(28(45-29(18)21)16-7-9-17(42-5)10-8-16)46-33-31(26(40)23(37)15(4)44-33)47-32-27(41)25(39)22(36)14(3)43-32/h6-10,12,14-15,22-23,25-27,31-37,39-41H,11H2,1-5H3/t14-,15-,22-,23+,25+,26+,27+,31+,32-,33-/m0/s1. The third kappa shape index (κ3) is 6.68. The van der Waals surface area contributed by atoms with Crippen LogP contribution in [0.5, 0.6) is 23.0 Å². The second-order valence-electron chi connectivity index (χ2n) is 12.0. The number of phenols is 2. The van der Waals surface area contributed by atoms with Crippen LogP contribution in [-0.2, 0) is 20.6 Å². The van der Waals surface area contributed by atoms with Gasteiger partial charge < -0.3 is 63.8 Å². The van der Waals surface area contributed by atoms with E-state index in [1.54, 1.807) is 24.3 Å². The van der Waals surface area contributed by atoms with Gasteiger partial charge in [-0.05, 0) is 58.4 Å². The quantitative estimate of drug-likeness (QED) is 0.170. The topological polar surface area (TPSA) is 218 Å². The van der Waals surface area contributed by atoms with Crippen molar-refractivity contribution in [3.8, 4) is 34.3 Å². The summed E-state index contributed by atoms with van der Waals surface area (Å²) in [5.41, 5.74) is 0.546. The minimum atomic E-state index is -1.77. The number of aliphatic hydroxyl groups is 5. The zero-order valence-corrected chi connectivity index (χ0v) is 26.4. The molecule has 3 aromatic rings. The van der Waals surface area contributed by atoms with Crippen LogP contribution in [0.1, 0.15) is 33.3 Å². The fourth-order valence-electron chi connectivity index (χ4n) is 5.55. The Balaban J connectivity index is 1.65. The van der Waals surface area contributed by atoms with E-state index in [1.807, 2.05) is 19.9 Å². The smallest absolute Gasteiger partial charge is 0.239 e. The number of hydrogen-bond donors (Lipinski definition) is 7. The van der Waals surface area contributed by atoms with Crippen molar-refractivity contribution in [1.29, 1.82) is 0 Å². The first-order valence-electron chi connectivity index (χ1n) is 15.1. The highest BCUT2D eigenvalue weighted by Gasteiger charge is 2.50. The summed E-state index contributed by atoms with van der Waals surface area (Å²) >= 11 is 0. The minimum absolute atomic E-state index is 0.0929. The predicted molar refractivity (Wildman–Crippen MR) is 165 cm³/mol. The lowest BCUT2D eigenvalue weighted by Gasteiger charge is -2.45. The van der Waals surface area contributed by atoms with E-state index in [9.17, 15) is 40.5 Å². The molecule has 14 nitrogen and oxygen atoms in total. The summed E-state index contributed by atoms with van der Waals surface area (Å²) in [7, 11) is 1.48. The van der Waals surface area contributed by atoms with Crippen LogP contribution >= 0.6 is 0 Å². The lowest BCUT2D eigenvalue weighted by Crippen LogP contribution is -2.63. The monoisotopic (exact) mass is 660 g/mol. The van der Waals surface area contributed by atoms with Crippen LogP contribution in [0.15, 0.2) is 51.2 Å². The van der Waals surface area contributed by atoms with Crippen molar-refractivity contribution in [2.24, 2.45) is 0 Å². The molecular formula is C33H40O14. The van der Waals surface area contributed by atoms with Gasteiger partial charge in [0.25, 0.3) is 0 Å². The molecular weight excluding hydrogens is 620 g/mol. The summed E-state index contributed by atoms with van der Waals surface area (Å²) in [4.78, 5) is 14.2. The number of methoxy groups -OCH3 is 1. The van der Waals surface area contributed by atoms with Crippen molar-refractivity contribution in [1.82, 2.24) is 0 Å². The lowest BCUT2D eigenvalue weighted by molar-refractivity contribution is -0.352. The summed E-state index contributed by atoms with van der Waals surface area (Å²) in [6.45, 7) is 6.61. The van der Waals surface area contributed by atoms with Crippen molar-refractivity contribution in [2.45, 2.75) is 95.5 Å². The lowest BCUT2D eigenvalue weighted by atomic mass is 9.98. The molecule has 2 aliphatic rings. The molecule has 256 valence electrons. The van der Waals surface area contributed by atoms with E-state index < -0.39 is 78.3 Å². The average molecular weight is 661 g/mol. The molecule has 2 aromatic carbocycles. The first-order valence-corrected chi connectivity index (χ1v) is 15.1. The van der Waals surface area contributed by atoms with Crippen molar-refractivity contribution >= 4 is 11.0 Å². The van der Waals surface area contributed by atoms with E-state index in [0.717, 1.165) is 11.6 Å². The van der Waals surface area contributed by atoms with Gasteiger partial charge in [0.1, 0.15) is 58.7 Å². The second-order valence-corrected chi connectivity index (χ2v) is 12.0. The largest absolute Gasteiger partial charge is 0.507 e. The molecule has 2 fully saturated rings. The Labute approximate surface area is 269 Å². The molecule has 1 aromatic heterocycles. The van der Waals surface area contributed by atoms with Gasteiger partial charge in [0.05, 0.1) is 19.3 Å². The van der Waals surface area contributed by atoms with Crippen LogP contribution < -0.4 is 14.9 Å². The fourth-order valence-corrected chi connectivity index (χ4v) is 5.55. The van der Waals surface area contributed by atoms with E-state index in [4.69, 9.17) is 28.1 Å². The van der Waals surface area contributed by atoms with Crippen LogP contribution in [0.3, 0.4) is 0 Å². The molecule has 3 heterocycles. The van der Waals surface area contributed by atoms with Gasteiger partial charge in [-0.25, -0.2) is 0 Å². The maximum Gasteiger partial charge on any atom is 0.239 e. The summed E-state index contributed by atoms with van der Waals surface area (Å²) in [5.74, 6) is -0.987. The molecule has 7 N–H and O–H groups in total. The van der Waals surface area contributed by atoms with Crippen LogP contribution in [0.2, 0.25) is 0 Å². The minimum Gasteiger partial charge on any atom is -0.507 e. The summed E-state index contributed by atoms with van der Waals surface area (Å²) in [6.07, 6.45) is -13.0. The molecule has 2 aliphatic heterocycles. The highest BCUT2D eigenvalue weighted by molar-refractivity contribution is 5.91. The molecule has 0 saturated carbocycles. The van der Waals surface area contributed by atoms with E-state index >= 15 is 0 Å². The van der Waals surface area contributed by atoms with Gasteiger partial charge in [0.15, 0.2) is 18.2 Å². The zero-order valence-electron chi connectivity index (χ0n) is 26.4. The summed E-state index contributed by atoms with van der Waals surface area (Å²) in [6, 6.07) is 7.43. The van der Waals surface area contributed by atoms with E-state index in [2.05, 4.69) is 0 Å². The van der Waals surface area contributed by atoms with E-state index in [1.165, 1.54) is 21.0 Å². The summed E-state index contributed by atoms with van der Waals surface area (Å²) in [5, 5.41) is 74.0. The highest BCUT2D eigenvalue weighted by Crippen LogP contribution is 2.41. The molecule has 0 bridgehead atoms. The van der Waals surface area contributed by atoms with Gasteiger partial charge in [0.2, 0.25) is 17.5 Å². The number of allylic oxidation sites excluding steroid dienone is 2. The molecule has 0 spiro atoms. The Kier molecular flexibility index (Phi) is 10.1. The Morgan fingerprint density at radius 3 is 2.09 bits per heavy atom. The number of phenolic OH excluding ortho intramolecular Hbond substituents is 2. The Bertz CT molecular complexity index is 1660. The van der Waals surface area contributed by atoms with Crippen molar-refractivity contribution in [3.63, 3.8) is 0 Å². The van der Waals surface area contributed by atoms with Gasteiger partial charge in [-0.15, -0.1) is 0 Å². The maximum absolute atomic E-state index is 14.2. The Hall–Kier alpha value is -3.73. The van der Waals surface area contributed by atoms with Crippen molar-refractivity contribution < 1.29 is 63.8 Å². The number of benzene rings is 2. The number of aliphatic hydroxyl groups excluding tert-OH is 5. The Morgan fingerprint density at radius 1 is 0.851 bits per heavy atom. The predicted octanol–water partition coefficient (Wildman–Crippen LogP) is 1.45. The molecule has 0 aliphatic carbocycles. The van der Waals surface area contributed by atoms with Gasteiger partial charge in [-0.1, -0.05) is 11.6 Å². The van der Waals surface area contributed by atoms with Gasteiger partial charge in [-0.2, -0.15) is 0 Å². The molecule has 10 atom stereocenters. The van der Waals surface area contributed by atoms with Crippen molar-refractivity contribution in [2.75, 3.05) is 7.11 Å². The summed E-state index contributed by atoms with van der Waals surface area (Å²) < 4.78 is 34.9. The normalized spacial score (nSPS) is 31.0. The van der Waals surface area contributed by atoms with Gasteiger partial charge >= 0.3 is 0 Å². The van der Waals surface area contributed by atoms with E-state index in [0.29, 0.717) is 11.3 Å². The number of ether oxygens (including phenoxy) is 5. The molecule has 2 saturated heterocycles. The van der Waals surface area contributed by atoms with Crippen LogP contribution in [0.4, 0.5) is 0 Å². The molecule has 47 heavy (non-hydrogen) atoms. The molecule has 14 heteroatoms. The number of hydrogen-bond acceptors (Lipinski definition) is 14. The van der Waals surface area contributed by atoms with Crippen LogP contribution in [-0.4, -0.2) is 104 Å². The molecule has 0 radical (unpaired) electrons. The maximum atomic E-state index is 14.2. The molecule has 0 unspecified atom stereocenters. The fraction of sp³-hybridized carbons (Fsp3) is 0.485. The van der Waals surface area contributed by atoms with Crippen LogP contribution in [0, 0.1) is 0 Å². The third-order valence-corrected chi connectivity index (χ3v) is 8.37. The van der Waals surface area contributed by atoms with Crippen molar-refractivity contribution in [3.05, 3.63) is 57.8 Å². The molecule has 5 rings (SSSR count). The zero-order chi connectivity index (χ0) is 34.3. The Morgan fingerprint density at radius 2 is 1.47 bits per heavy atom. The van der Waals surface area contributed by atoms with Gasteiger partial charge in [0, 0.05) is 17.2 Å². The second kappa shape index (κ2) is 13.8. The average Bonchev–Trinajstić information content (AvgIpc) is 3.03. The highest BCUT2D eigenvalue weighted by atomic mass is 16.8. The number of aromatic hydroxyl groups is 2. The first kappa shape index (κ1) is 34.6. The van der Waals surface area contributed by atoms with Crippen LogP contribution in [0.25, 0.3) is 22.3 Å².